The number of aromatic hydroxyl groups is 3. The number of amides is 5. The molecule has 9 rings (SSSR count). The first-order valence-corrected chi connectivity index (χ1v) is 50.1. The number of carbonyl (C=O) groups is 5. The summed E-state index contributed by atoms with van der Waals surface area (Å²) < 4.78 is 152. The number of benzene rings is 6. The lowest BCUT2D eigenvalue weighted by Gasteiger charge is -2.33. The number of phenols is 3. The lowest BCUT2D eigenvalue weighted by atomic mass is 9.74. The number of hydrogen-bond donors (Lipinski definition) is 8. The van der Waals surface area contributed by atoms with Crippen LogP contribution in [0.15, 0.2) is 134 Å². The molecule has 0 atom stereocenters. The maximum atomic E-state index is 15.6. The minimum atomic E-state index is -1.28. The number of fused-ring (bicyclic) bond motifs is 3. The molecule has 3 heterocycles. The van der Waals surface area contributed by atoms with Crippen LogP contribution >= 0.6 is 0 Å². The van der Waals surface area contributed by atoms with Crippen LogP contribution < -0.4 is 64.5 Å². The number of aromatic nitrogens is 3. The molecule has 3 aromatic heterocycles. The van der Waals surface area contributed by atoms with Crippen molar-refractivity contribution in [3.05, 3.63) is 167 Å². The van der Waals surface area contributed by atoms with Crippen LogP contribution in [0.5, 0.6) is 63.2 Å². The second-order valence-corrected chi connectivity index (χ2v) is 33.3. The smallest absolute Gasteiger partial charge is 0.255 e. The van der Waals surface area contributed by atoms with E-state index in [2.05, 4.69) is 41.5 Å². The van der Waals surface area contributed by atoms with E-state index in [0.717, 1.165) is 0 Å². The van der Waals surface area contributed by atoms with Crippen LogP contribution in [-0.4, -0.2) is 373 Å². The largest absolute Gasteiger partial charge is 0.505 e. The van der Waals surface area contributed by atoms with Crippen LogP contribution in [0.4, 0.5) is 0 Å². The van der Waals surface area contributed by atoms with Gasteiger partial charge in [-0.2, -0.15) is 0 Å². The van der Waals surface area contributed by atoms with Gasteiger partial charge >= 0.3 is 0 Å². The summed E-state index contributed by atoms with van der Waals surface area (Å²) in [6.45, 7) is 9.88. The lowest BCUT2D eigenvalue weighted by Crippen LogP contribution is -2.43. The van der Waals surface area contributed by atoms with Crippen molar-refractivity contribution < 1.29 is 162 Å². The Balaban J connectivity index is 0.0000274. The molecule has 0 aliphatic heterocycles. The van der Waals surface area contributed by atoms with Gasteiger partial charge in [0.15, 0.2) is 40.2 Å². The van der Waals surface area contributed by atoms with Gasteiger partial charge in [0, 0.05) is 127 Å². The number of nitrogens with one attached hydrogen (secondary N) is 5. The standard InChI is InChI=1S/C107H148N8O34.CH4/c1-124-34-40-130-46-52-136-58-64-142-90-70-79(71-91(143-65-59-137-53-47-131-41-35-125-2)100(90)146-68-62-140-56-50-134-44-38-128-5)77-148-85-74-84(75-86(76-85)149-78-80-72-92(144-66-60-138-54-48-132-42-36-126-3)101(147-69-63-141-57-51-135-45-39-129-6)93(73-80)145-67-61-139-55-49-133-43-37-127-4)102(119)111-32-13-33-115-106(123)107(23-10-29-112-103(120)87-20-17-81-14-7-26-108-94(81)97(87)116,24-11-30-113-104(121)88-21-18-82-15-8-27-109-95(82)98(88)117)25-12-31-114-105(122)89-22-19-83-16-9-28-110-96(83)99(89)118;/h7-9,14-22,26-28,70-76,116-118H,10-13,23-25,29-69,77-78H2,1-6H3,(H,111,119)(H,112,120)(H,113,121)(H,114,122)(H,115,123);1H4. The van der Waals surface area contributed by atoms with Gasteiger partial charge in [-0.3, -0.25) is 38.9 Å². The molecule has 0 saturated heterocycles. The van der Waals surface area contributed by atoms with Gasteiger partial charge in [0.1, 0.15) is 80.9 Å². The quantitative estimate of drug-likeness (QED) is 0.0164. The summed E-state index contributed by atoms with van der Waals surface area (Å²) in [7, 11) is 9.58. The zero-order valence-electron chi connectivity index (χ0n) is 86.4. The first kappa shape index (κ1) is 123. The van der Waals surface area contributed by atoms with Crippen LogP contribution in [0.25, 0.3) is 32.7 Å². The maximum Gasteiger partial charge on any atom is 0.255 e. The predicted octanol–water partition coefficient (Wildman–Crippen LogP) is 10.4. The number of pyridine rings is 3. The van der Waals surface area contributed by atoms with Crippen molar-refractivity contribution in [3.8, 4) is 63.2 Å². The van der Waals surface area contributed by atoms with Crippen molar-refractivity contribution in [3.63, 3.8) is 0 Å². The molecule has 8 N–H and O–H groups in total. The SMILES string of the molecule is C.COCCOCCOCCOc1cc(COc2cc(OCc3cc(OCCOCCOCCOC)c(OCCOCCOCCOC)c(OCCOCCOCCOC)c3)cc(C(=O)NCCCNC(=O)C(CCCNC(=O)c3ccc4cccnc4c3O)(CCCNC(=O)c3ccc4cccnc4c3O)CCCNC(=O)c3ccc4cccnc4c3O)c2)cc(OCCOCCOCCOC)c1OCCOCCOCCOC. The molecule has 0 saturated carbocycles. The number of nitrogens with zero attached hydrogens (tertiary/aromatic N) is 3. The van der Waals surface area contributed by atoms with Gasteiger partial charge in [-0.15, -0.1) is 0 Å². The number of hydrogen-bond acceptors (Lipinski definition) is 37. The molecule has 0 radical (unpaired) electrons. The van der Waals surface area contributed by atoms with Crippen molar-refractivity contribution in [1.82, 2.24) is 41.5 Å². The number of carbonyl (C=O) groups excluding carboxylic acids is 5. The van der Waals surface area contributed by atoms with Crippen molar-refractivity contribution in [1.29, 1.82) is 0 Å². The Bertz CT molecular complexity index is 4860. The van der Waals surface area contributed by atoms with Gasteiger partial charge in [-0.05, 0) is 129 Å². The highest BCUT2D eigenvalue weighted by molar-refractivity contribution is 6.04. The summed E-state index contributed by atoms with van der Waals surface area (Å²) in [5.41, 5.74) is 0.588. The molecule has 42 nitrogen and oxygen atoms in total. The first-order valence-electron chi connectivity index (χ1n) is 50.1. The van der Waals surface area contributed by atoms with E-state index in [9.17, 15) is 29.7 Å². The monoisotopic (exact) mass is 2110 g/mol. The zero-order chi connectivity index (χ0) is 106. The molecule has 0 unspecified atom stereocenters. The fraction of sp³-hybridized carbons (Fsp3) is 0.537. The van der Waals surface area contributed by atoms with Gasteiger partial charge in [-0.25, -0.2) is 0 Å². The van der Waals surface area contributed by atoms with E-state index >= 15 is 9.59 Å². The molecule has 5 amide bonds. The third kappa shape index (κ3) is 45.3. The Hall–Kier alpha value is -12.0. The average Bonchev–Trinajstić information content (AvgIpc) is 0.829. The van der Waals surface area contributed by atoms with E-state index in [-0.39, 0.29) is 319 Å². The van der Waals surface area contributed by atoms with Gasteiger partial charge < -0.3 is 165 Å². The lowest BCUT2D eigenvalue weighted by molar-refractivity contribution is -0.132. The predicted molar refractivity (Wildman–Crippen MR) is 556 cm³/mol. The molecule has 0 aliphatic rings. The molecule has 42 heteroatoms. The van der Waals surface area contributed by atoms with E-state index < -0.39 is 35.0 Å². The molecular weight excluding hydrogens is 1950 g/mol. The van der Waals surface area contributed by atoms with Gasteiger partial charge in [0.05, 0.1) is 215 Å². The fourth-order valence-corrected chi connectivity index (χ4v) is 15.0. The molecule has 0 spiro atoms. The number of phenolic OH excluding ortho intramolecular Hbond substituents is 3. The third-order valence-corrected chi connectivity index (χ3v) is 22.6. The van der Waals surface area contributed by atoms with E-state index in [1.165, 1.54) is 36.8 Å². The molecule has 9 aromatic rings. The first-order chi connectivity index (χ1) is 73.1. The minimum absolute atomic E-state index is 0. The van der Waals surface area contributed by atoms with Crippen LogP contribution in [0.1, 0.15) is 105 Å². The summed E-state index contributed by atoms with van der Waals surface area (Å²) in [6, 6.07) is 31.7. The minimum Gasteiger partial charge on any atom is -0.505 e. The average molecular weight is 2110 g/mol. The molecule has 6 aromatic carbocycles. The molecule has 0 bridgehead atoms. The van der Waals surface area contributed by atoms with Crippen molar-refractivity contribution in [2.75, 3.05) is 313 Å². The zero-order valence-corrected chi connectivity index (χ0v) is 86.4. The molecular formula is C108H152N8O34. The maximum absolute atomic E-state index is 15.6. The Labute approximate surface area is 876 Å². The Morgan fingerprint density at radius 2 is 0.520 bits per heavy atom. The summed E-state index contributed by atoms with van der Waals surface area (Å²) in [4.78, 5) is 85.4. The van der Waals surface area contributed by atoms with Crippen molar-refractivity contribution in [2.45, 2.75) is 65.6 Å². The highest BCUT2D eigenvalue weighted by Gasteiger charge is 2.38. The van der Waals surface area contributed by atoms with Crippen LogP contribution in [0.3, 0.4) is 0 Å². The summed E-state index contributed by atoms with van der Waals surface area (Å²) in [5.74, 6) is -1.65. The highest BCUT2D eigenvalue weighted by Crippen LogP contribution is 2.43. The number of methoxy groups -OCH3 is 6. The number of rotatable bonds is 87. The van der Waals surface area contributed by atoms with Gasteiger partial charge in [0.2, 0.25) is 17.4 Å². The molecule has 150 heavy (non-hydrogen) atoms. The fourth-order valence-electron chi connectivity index (χ4n) is 15.0. The van der Waals surface area contributed by atoms with E-state index in [1.807, 2.05) is 0 Å². The highest BCUT2D eigenvalue weighted by atomic mass is 16.6. The normalized spacial score (nSPS) is 11.4. The molecule has 828 valence electrons. The van der Waals surface area contributed by atoms with E-state index in [4.69, 9.17) is 123 Å². The summed E-state index contributed by atoms with van der Waals surface area (Å²) >= 11 is 0. The topological polar surface area (TPSA) is 485 Å². The Morgan fingerprint density at radius 3 is 0.800 bits per heavy atom. The molecule has 0 aliphatic carbocycles. The third-order valence-electron chi connectivity index (χ3n) is 22.6. The second-order valence-electron chi connectivity index (χ2n) is 33.3. The van der Waals surface area contributed by atoms with Crippen LogP contribution in [-0.2, 0) is 103 Å². The summed E-state index contributed by atoms with van der Waals surface area (Å²) in [6.07, 6.45) is 5.82. The van der Waals surface area contributed by atoms with Crippen molar-refractivity contribution >= 4 is 62.2 Å². The van der Waals surface area contributed by atoms with Crippen LogP contribution in [0.2, 0.25) is 0 Å². The van der Waals surface area contributed by atoms with E-state index in [1.54, 1.807) is 140 Å². The van der Waals surface area contributed by atoms with Crippen LogP contribution in [0, 0.1) is 5.41 Å². The number of ether oxygens (including phenoxy) is 26. The van der Waals surface area contributed by atoms with Crippen molar-refractivity contribution in [2.24, 2.45) is 5.41 Å². The molecule has 0 fully saturated rings. The Morgan fingerprint density at radius 1 is 0.273 bits per heavy atom. The second kappa shape index (κ2) is 74.8. The summed E-state index contributed by atoms with van der Waals surface area (Å²) in [5, 5.41) is 50.7. The van der Waals surface area contributed by atoms with E-state index in [0.29, 0.717) is 146 Å². The van der Waals surface area contributed by atoms with Gasteiger partial charge in [0.25, 0.3) is 23.6 Å². The Kier molecular flexibility index (Phi) is 61.4. The van der Waals surface area contributed by atoms with Gasteiger partial charge in [-0.1, -0.05) is 43.8 Å².